The highest BCUT2D eigenvalue weighted by atomic mass is 32.1. The Hall–Kier alpha value is -3.13. The number of nitro benzene ring substituents is 1. The zero-order chi connectivity index (χ0) is 19.4. The third-order valence-corrected chi connectivity index (χ3v) is 4.91. The van der Waals surface area contributed by atoms with Gasteiger partial charge in [-0.2, -0.15) is 0 Å². The Morgan fingerprint density at radius 3 is 2.67 bits per heavy atom. The van der Waals surface area contributed by atoms with Gasteiger partial charge in [0.2, 0.25) is 0 Å². The summed E-state index contributed by atoms with van der Waals surface area (Å²) in [5.74, 6) is -0.582. The Bertz CT molecular complexity index is 986. The lowest BCUT2D eigenvalue weighted by molar-refractivity contribution is -0.385. The third-order valence-electron chi connectivity index (χ3n) is 3.97. The fourth-order valence-corrected chi connectivity index (χ4v) is 3.41. The largest absolute Gasteiger partial charge is 0.352 e. The minimum absolute atomic E-state index is 0.0117. The summed E-state index contributed by atoms with van der Waals surface area (Å²) in [6.45, 7) is 1.99. The zero-order valence-corrected chi connectivity index (χ0v) is 15.3. The summed E-state index contributed by atoms with van der Waals surface area (Å²) < 4.78 is 13.0. The zero-order valence-electron chi connectivity index (χ0n) is 14.4. The van der Waals surface area contributed by atoms with Crippen molar-refractivity contribution in [2.45, 2.75) is 13.3 Å². The van der Waals surface area contributed by atoms with Crippen LogP contribution in [0.15, 0.2) is 47.8 Å². The van der Waals surface area contributed by atoms with Gasteiger partial charge < -0.3 is 5.32 Å². The minimum Gasteiger partial charge on any atom is -0.352 e. The molecule has 6 nitrogen and oxygen atoms in total. The van der Waals surface area contributed by atoms with Gasteiger partial charge in [0.05, 0.1) is 10.6 Å². The maximum Gasteiger partial charge on any atom is 0.272 e. The lowest BCUT2D eigenvalue weighted by Gasteiger charge is -2.05. The summed E-state index contributed by atoms with van der Waals surface area (Å²) in [6, 6.07) is 10.4. The van der Waals surface area contributed by atoms with E-state index >= 15 is 0 Å². The number of benzene rings is 2. The fourth-order valence-electron chi connectivity index (χ4n) is 2.55. The molecule has 0 fully saturated rings. The van der Waals surface area contributed by atoms with Gasteiger partial charge in [-0.1, -0.05) is 0 Å². The number of carbonyl (C=O) groups is 1. The molecule has 0 atom stereocenters. The Labute approximate surface area is 158 Å². The number of aromatic nitrogens is 1. The first-order valence-electron chi connectivity index (χ1n) is 8.17. The minimum atomic E-state index is -0.474. The number of nitro groups is 1. The van der Waals surface area contributed by atoms with Gasteiger partial charge in [-0.05, 0) is 43.3 Å². The number of carbonyl (C=O) groups excluding carboxylic acids is 1. The number of aryl methyl sites for hydroxylation is 1. The molecule has 0 aliphatic carbocycles. The van der Waals surface area contributed by atoms with Crippen molar-refractivity contribution in [1.29, 1.82) is 0 Å². The molecule has 0 spiro atoms. The molecule has 0 unspecified atom stereocenters. The molecular weight excluding hydrogens is 369 g/mol. The second-order valence-electron chi connectivity index (χ2n) is 5.92. The molecule has 3 aromatic rings. The quantitative estimate of drug-likeness (QED) is 0.510. The number of rotatable bonds is 6. The van der Waals surface area contributed by atoms with E-state index in [0.717, 1.165) is 16.3 Å². The molecule has 8 heteroatoms. The smallest absolute Gasteiger partial charge is 0.272 e. The number of hydrogen-bond donors (Lipinski definition) is 1. The van der Waals surface area contributed by atoms with E-state index in [1.165, 1.54) is 41.7 Å². The molecule has 0 bridgehead atoms. The standard InChI is InChI=1S/C19H16FN3O3S/c1-12-10-14(4-7-17(12)23(25)26)18(24)21-9-8-16-11-27-19(22-16)13-2-5-15(20)6-3-13/h2-7,10-11H,8-9H2,1H3,(H,21,24). The van der Waals surface area contributed by atoms with Crippen LogP contribution in [-0.4, -0.2) is 22.4 Å². The lowest BCUT2D eigenvalue weighted by atomic mass is 10.1. The normalized spacial score (nSPS) is 10.6. The Balaban J connectivity index is 1.57. The van der Waals surface area contributed by atoms with Crippen molar-refractivity contribution < 1.29 is 14.1 Å². The van der Waals surface area contributed by atoms with E-state index in [1.54, 1.807) is 19.1 Å². The third kappa shape index (κ3) is 4.53. The summed E-state index contributed by atoms with van der Waals surface area (Å²) in [6.07, 6.45) is 0.551. The summed E-state index contributed by atoms with van der Waals surface area (Å²) in [7, 11) is 0. The van der Waals surface area contributed by atoms with Crippen molar-refractivity contribution >= 4 is 22.9 Å². The summed E-state index contributed by atoms with van der Waals surface area (Å²) in [4.78, 5) is 27.0. The number of nitrogens with one attached hydrogen (secondary N) is 1. The highest BCUT2D eigenvalue weighted by Gasteiger charge is 2.13. The van der Waals surface area contributed by atoms with Crippen LogP contribution in [0.3, 0.4) is 0 Å². The molecule has 2 aromatic carbocycles. The molecule has 0 saturated carbocycles. The second-order valence-corrected chi connectivity index (χ2v) is 6.77. The van der Waals surface area contributed by atoms with Crippen LogP contribution in [0.1, 0.15) is 21.6 Å². The van der Waals surface area contributed by atoms with Crippen LogP contribution >= 0.6 is 11.3 Å². The SMILES string of the molecule is Cc1cc(C(=O)NCCc2csc(-c3ccc(F)cc3)n2)ccc1[N+](=O)[O-]. The van der Waals surface area contributed by atoms with Crippen LogP contribution in [0.2, 0.25) is 0 Å². The number of nitrogens with zero attached hydrogens (tertiary/aromatic N) is 2. The first kappa shape index (κ1) is 18.7. The van der Waals surface area contributed by atoms with Gasteiger partial charge >= 0.3 is 0 Å². The molecule has 0 saturated heterocycles. The fraction of sp³-hybridized carbons (Fsp3) is 0.158. The monoisotopic (exact) mass is 385 g/mol. The first-order valence-corrected chi connectivity index (χ1v) is 9.05. The van der Waals surface area contributed by atoms with Crippen LogP contribution in [0.25, 0.3) is 10.6 Å². The van der Waals surface area contributed by atoms with Gasteiger partial charge in [0.1, 0.15) is 10.8 Å². The van der Waals surface area contributed by atoms with Crippen molar-refractivity contribution in [3.63, 3.8) is 0 Å². The average Bonchev–Trinajstić information content (AvgIpc) is 3.10. The van der Waals surface area contributed by atoms with Crippen LogP contribution in [0.5, 0.6) is 0 Å². The summed E-state index contributed by atoms with van der Waals surface area (Å²) in [5, 5.41) is 16.3. The van der Waals surface area contributed by atoms with Crippen molar-refractivity contribution in [1.82, 2.24) is 10.3 Å². The van der Waals surface area contributed by atoms with E-state index < -0.39 is 4.92 Å². The van der Waals surface area contributed by atoms with Crippen LogP contribution in [-0.2, 0) is 6.42 Å². The predicted molar refractivity (Wildman–Crippen MR) is 101 cm³/mol. The number of amides is 1. The second kappa shape index (κ2) is 8.05. The van der Waals surface area contributed by atoms with E-state index in [1.807, 2.05) is 5.38 Å². The molecule has 0 aliphatic heterocycles. The maximum absolute atomic E-state index is 13.0. The van der Waals surface area contributed by atoms with Gasteiger partial charge in [-0.15, -0.1) is 11.3 Å². The van der Waals surface area contributed by atoms with E-state index in [0.29, 0.717) is 24.1 Å². The van der Waals surface area contributed by atoms with E-state index in [2.05, 4.69) is 10.3 Å². The average molecular weight is 385 g/mol. The molecule has 1 amide bonds. The highest BCUT2D eigenvalue weighted by Crippen LogP contribution is 2.24. The highest BCUT2D eigenvalue weighted by molar-refractivity contribution is 7.13. The number of thiazole rings is 1. The molecule has 1 heterocycles. The van der Waals surface area contributed by atoms with Gasteiger partial charge in [0, 0.05) is 41.1 Å². The Morgan fingerprint density at radius 1 is 1.26 bits per heavy atom. The van der Waals surface area contributed by atoms with Crippen LogP contribution < -0.4 is 5.32 Å². The summed E-state index contributed by atoms with van der Waals surface area (Å²) in [5.41, 5.74) is 2.49. The molecule has 1 aromatic heterocycles. The number of hydrogen-bond acceptors (Lipinski definition) is 5. The van der Waals surface area contributed by atoms with E-state index in [-0.39, 0.29) is 17.4 Å². The van der Waals surface area contributed by atoms with Gasteiger partial charge in [0.25, 0.3) is 11.6 Å². The molecule has 138 valence electrons. The van der Waals surface area contributed by atoms with Crippen molar-refractivity contribution in [2.75, 3.05) is 6.54 Å². The lowest BCUT2D eigenvalue weighted by Crippen LogP contribution is -2.25. The van der Waals surface area contributed by atoms with Crippen molar-refractivity contribution in [3.05, 3.63) is 80.6 Å². The maximum atomic E-state index is 13.0. The van der Waals surface area contributed by atoms with Gasteiger partial charge in [-0.3, -0.25) is 14.9 Å². The molecule has 0 aliphatic rings. The van der Waals surface area contributed by atoms with E-state index in [4.69, 9.17) is 0 Å². The molecule has 1 N–H and O–H groups in total. The Kier molecular flexibility index (Phi) is 5.56. The van der Waals surface area contributed by atoms with E-state index in [9.17, 15) is 19.3 Å². The number of halogens is 1. The predicted octanol–water partition coefficient (Wildman–Crippen LogP) is 4.14. The first-order chi connectivity index (χ1) is 12.9. The van der Waals surface area contributed by atoms with Crippen LogP contribution in [0, 0.1) is 22.9 Å². The van der Waals surface area contributed by atoms with Gasteiger partial charge in [-0.25, -0.2) is 9.37 Å². The molecule has 0 radical (unpaired) electrons. The topological polar surface area (TPSA) is 85.1 Å². The van der Waals surface area contributed by atoms with Crippen LogP contribution in [0.4, 0.5) is 10.1 Å². The van der Waals surface area contributed by atoms with Crippen molar-refractivity contribution in [3.8, 4) is 10.6 Å². The molecule has 27 heavy (non-hydrogen) atoms. The molecule has 3 rings (SSSR count). The molecular formula is C19H16FN3O3S. The summed E-state index contributed by atoms with van der Waals surface area (Å²) >= 11 is 1.46. The van der Waals surface area contributed by atoms with Crippen molar-refractivity contribution in [2.24, 2.45) is 0 Å². The van der Waals surface area contributed by atoms with Gasteiger partial charge in [0.15, 0.2) is 0 Å². The Morgan fingerprint density at radius 2 is 2.00 bits per heavy atom.